The summed E-state index contributed by atoms with van der Waals surface area (Å²) in [6, 6.07) is 5.85. The second-order valence-electron chi connectivity index (χ2n) is 6.07. The van der Waals surface area contributed by atoms with Gasteiger partial charge in [0.25, 0.3) is 0 Å². The van der Waals surface area contributed by atoms with E-state index in [1.54, 1.807) is 0 Å². The number of carbonyl (C=O) groups is 2. The molecule has 150 valence electrons. The smallest absolute Gasteiger partial charge is 0.325 e. The minimum atomic E-state index is -4.16. The number of thiophene rings is 1. The van der Waals surface area contributed by atoms with Gasteiger partial charge in [-0.05, 0) is 36.4 Å². The first-order chi connectivity index (χ1) is 13.2. The maximum absolute atomic E-state index is 13.1. The number of rotatable bonds is 6. The molecule has 1 saturated heterocycles. The third-order valence-electron chi connectivity index (χ3n) is 4.12. The van der Waals surface area contributed by atoms with Gasteiger partial charge in [-0.15, -0.1) is 11.3 Å². The van der Waals surface area contributed by atoms with Gasteiger partial charge in [-0.1, -0.05) is 11.6 Å². The van der Waals surface area contributed by atoms with Gasteiger partial charge in [-0.3, -0.25) is 9.59 Å². The highest BCUT2D eigenvalue weighted by atomic mass is 35.5. The number of Topliss-reactive ketones (excluding diaryl/α,β-unsaturated/α-hetero) is 1. The zero-order valence-electron chi connectivity index (χ0n) is 14.2. The average molecular weight is 448 g/mol. The van der Waals surface area contributed by atoms with E-state index in [-0.39, 0.29) is 17.9 Å². The Morgan fingerprint density at radius 3 is 2.54 bits per heavy atom. The lowest BCUT2D eigenvalue weighted by molar-refractivity contribution is -0.146. The van der Waals surface area contributed by atoms with Crippen LogP contribution in [0.5, 0.6) is 0 Å². The molecular weight excluding hydrogens is 433 g/mol. The summed E-state index contributed by atoms with van der Waals surface area (Å²) in [6.07, 6.45) is -1.24. The molecule has 0 bridgehead atoms. The van der Waals surface area contributed by atoms with Crippen LogP contribution >= 0.6 is 22.9 Å². The van der Waals surface area contributed by atoms with Gasteiger partial charge >= 0.3 is 5.97 Å². The summed E-state index contributed by atoms with van der Waals surface area (Å²) in [7, 11) is -4.16. The Kier molecular flexibility index (Phi) is 6.15. The van der Waals surface area contributed by atoms with Gasteiger partial charge in [0.05, 0.1) is 20.2 Å². The van der Waals surface area contributed by atoms with Crippen LogP contribution in [0.15, 0.2) is 41.3 Å². The van der Waals surface area contributed by atoms with Crippen molar-refractivity contribution in [2.45, 2.75) is 23.5 Å². The summed E-state index contributed by atoms with van der Waals surface area (Å²) in [4.78, 5) is 24.5. The lowest BCUT2D eigenvalue weighted by Gasteiger charge is -2.22. The minimum Gasteiger partial charge on any atom is -0.456 e. The Balaban J connectivity index is 1.73. The molecule has 0 unspecified atom stereocenters. The van der Waals surface area contributed by atoms with Crippen LogP contribution < -0.4 is 0 Å². The van der Waals surface area contributed by atoms with Crippen LogP contribution in [0.25, 0.3) is 0 Å². The standard InChI is InChI=1S/C17H15ClFNO6S2/c18-16-6-5-15(27-16)14(22)9-26-17(23)13-7-11(21)8-20(13)28(24,25)12-3-1-10(19)2-4-12/h1-6,11,13,21H,7-9H2/t11-,13-/m0/s1. The maximum atomic E-state index is 13.1. The molecule has 1 aliphatic heterocycles. The molecular formula is C17H15ClFNO6S2. The van der Waals surface area contributed by atoms with Crippen molar-refractivity contribution in [1.29, 1.82) is 0 Å². The number of ether oxygens (including phenoxy) is 1. The lowest BCUT2D eigenvalue weighted by atomic mass is 10.2. The number of nitrogens with zero attached hydrogens (tertiary/aromatic N) is 1. The molecule has 1 N–H and O–H groups in total. The van der Waals surface area contributed by atoms with Crippen LogP contribution in [0.1, 0.15) is 16.1 Å². The van der Waals surface area contributed by atoms with Crippen molar-refractivity contribution in [2.75, 3.05) is 13.2 Å². The van der Waals surface area contributed by atoms with E-state index in [1.165, 1.54) is 12.1 Å². The topological polar surface area (TPSA) is 101 Å². The fraction of sp³-hybridized carbons (Fsp3) is 0.294. The van der Waals surface area contributed by atoms with Crippen molar-refractivity contribution >= 4 is 44.7 Å². The van der Waals surface area contributed by atoms with Gasteiger partial charge < -0.3 is 9.84 Å². The molecule has 2 heterocycles. The van der Waals surface area contributed by atoms with Crippen LogP contribution in [-0.4, -0.2) is 54.9 Å². The largest absolute Gasteiger partial charge is 0.456 e. The maximum Gasteiger partial charge on any atom is 0.325 e. The average Bonchev–Trinajstić information content (AvgIpc) is 3.26. The molecule has 0 amide bonds. The molecule has 2 atom stereocenters. The third kappa shape index (κ3) is 4.41. The number of hydrogen-bond donors (Lipinski definition) is 1. The Bertz CT molecular complexity index is 991. The van der Waals surface area contributed by atoms with E-state index in [4.69, 9.17) is 16.3 Å². The van der Waals surface area contributed by atoms with Crippen LogP contribution in [0, 0.1) is 5.82 Å². The number of β-amino-alcohol motifs (C(OH)–C–C–N with tert-alkyl or cyclic N) is 1. The molecule has 2 aromatic rings. The van der Waals surface area contributed by atoms with Gasteiger partial charge in [0.2, 0.25) is 15.8 Å². The SMILES string of the molecule is O=C(COC(=O)[C@@H]1C[C@H](O)CN1S(=O)(=O)c1ccc(F)cc1)c1ccc(Cl)s1. The van der Waals surface area contributed by atoms with Gasteiger partial charge in [-0.25, -0.2) is 12.8 Å². The second-order valence-corrected chi connectivity index (χ2v) is 9.67. The van der Waals surface area contributed by atoms with E-state index in [1.807, 2.05) is 0 Å². The van der Waals surface area contributed by atoms with E-state index in [0.29, 0.717) is 9.21 Å². The Morgan fingerprint density at radius 2 is 1.93 bits per heavy atom. The molecule has 28 heavy (non-hydrogen) atoms. The van der Waals surface area contributed by atoms with Crippen molar-refractivity contribution in [3.05, 3.63) is 51.4 Å². The third-order valence-corrected chi connectivity index (χ3v) is 7.28. The number of ketones is 1. The number of esters is 1. The highest BCUT2D eigenvalue weighted by Gasteiger charge is 2.44. The Hall–Kier alpha value is -1.85. The zero-order chi connectivity index (χ0) is 20.5. The molecule has 1 fully saturated rings. The number of aliphatic hydroxyl groups excluding tert-OH is 1. The van der Waals surface area contributed by atoms with Crippen molar-refractivity contribution < 1.29 is 32.2 Å². The molecule has 1 aromatic heterocycles. The quantitative estimate of drug-likeness (QED) is 0.537. The fourth-order valence-corrected chi connectivity index (χ4v) is 5.37. The number of halogens is 2. The molecule has 3 rings (SSSR count). The summed E-state index contributed by atoms with van der Waals surface area (Å²) in [6.45, 7) is -0.888. The van der Waals surface area contributed by atoms with Crippen molar-refractivity contribution in [2.24, 2.45) is 0 Å². The van der Waals surface area contributed by atoms with Crippen molar-refractivity contribution in [3.8, 4) is 0 Å². The zero-order valence-corrected chi connectivity index (χ0v) is 16.6. The minimum absolute atomic E-state index is 0.168. The van der Waals surface area contributed by atoms with Gasteiger partial charge in [-0.2, -0.15) is 4.31 Å². The van der Waals surface area contributed by atoms with Gasteiger partial charge in [0, 0.05) is 13.0 Å². The van der Waals surface area contributed by atoms with Crippen LogP contribution in [0.2, 0.25) is 4.34 Å². The number of sulfonamides is 1. The molecule has 0 spiro atoms. The van der Waals surface area contributed by atoms with Crippen molar-refractivity contribution in [1.82, 2.24) is 4.31 Å². The predicted octanol–water partition coefficient (Wildman–Crippen LogP) is 2.09. The van der Waals surface area contributed by atoms with E-state index in [9.17, 15) is 27.5 Å². The van der Waals surface area contributed by atoms with Crippen LogP contribution in [0.3, 0.4) is 0 Å². The molecule has 7 nitrogen and oxygen atoms in total. The Morgan fingerprint density at radius 1 is 1.25 bits per heavy atom. The van der Waals surface area contributed by atoms with E-state index in [0.717, 1.165) is 39.9 Å². The highest BCUT2D eigenvalue weighted by molar-refractivity contribution is 7.89. The lowest BCUT2D eigenvalue weighted by Crippen LogP contribution is -2.41. The Labute approximate surface area is 169 Å². The number of benzene rings is 1. The fourth-order valence-electron chi connectivity index (χ4n) is 2.77. The first-order valence-corrected chi connectivity index (χ1v) is 10.7. The van der Waals surface area contributed by atoms with E-state index in [2.05, 4.69) is 0 Å². The predicted molar refractivity (Wildman–Crippen MR) is 99.3 cm³/mol. The molecule has 11 heteroatoms. The summed E-state index contributed by atoms with van der Waals surface area (Å²) < 4.78 is 44.8. The van der Waals surface area contributed by atoms with Gasteiger partial charge in [0.1, 0.15) is 11.9 Å². The summed E-state index contributed by atoms with van der Waals surface area (Å²) in [5, 5.41) is 9.88. The second kappa shape index (κ2) is 8.26. The first-order valence-electron chi connectivity index (χ1n) is 8.09. The molecule has 0 aliphatic carbocycles. The number of carbonyl (C=O) groups excluding carboxylic acids is 2. The van der Waals surface area contributed by atoms with E-state index >= 15 is 0 Å². The van der Waals surface area contributed by atoms with Crippen LogP contribution in [-0.2, 0) is 19.6 Å². The summed E-state index contributed by atoms with van der Waals surface area (Å²) >= 11 is 6.79. The summed E-state index contributed by atoms with van der Waals surface area (Å²) in [5.41, 5.74) is 0. The number of hydrogen-bond acceptors (Lipinski definition) is 7. The van der Waals surface area contributed by atoms with Gasteiger partial charge in [0.15, 0.2) is 6.61 Å². The number of aliphatic hydroxyl groups is 1. The normalized spacial score (nSPS) is 20.2. The molecule has 0 radical (unpaired) electrons. The monoisotopic (exact) mass is 447 g/mol. The molecule has 1 aromatic carbocycles. The highest BCUT2D eigenvalue weighted by Crippen LogP contribution is 2.28. The van der Waals surface area contributed by atoms with E-state index < -0.39 is 46.3 Å². The molecule has 1 aliphatic rings. The summed E-state index contributed by atoms with van der Waals surface area (Å²) in [5.74, 6) is -2.03. The van der Waals surface area contributed by atoms with Crippen molar-refractivity contribution in [3.63, 3.8) is 0 Å². The first kappa shape index (κ1) is 20.9. The molecule has 0 saturated carbocycles. The van der Waals surface area contributed by atoms with Crippen LogP contribution in [0.4, 0.5) is 4.39 Å².